The molecule has 0 aliphatic heterocycles. The minimum atomic E-state index is -2.47. The fourth-order valence-corrected chi connectivity index (χ4v) is 7.57. The lowest BCUT2D eigenvalue weighted by Gasteiger charge is -2.37. The van der Waals surface area contributed by atoms with Crippen LogP contribution in [0.3, 0.4) is 0 Å². The van der Waals surface area contributed by atoms with Crippen molar-refractivity contribution in [2.45, 2.75) is 82.3 Å². The smallest absolute Gasteiger partial charge is 0.334 e. The van der Waals surface area contributed by atoms with Crippen LogP contribution in [0.5, 0.6) is 5.75 Å². The van der Waals surface area contributed by atoms with Crippen LogP contribution in [0.2, 0.25) is 0 Å². The fraction of sp³-hybridized carbons (Fsp3) is 0.280. The van der Waals surface area contributed by atoms with Crippen molar-refractivity contribution in [1.29, 1.82) is 0 Å². The second-order valence-corrected chi connectivity index (χ2v) is 15.3. The Balaban J connectivity index is 1.33. The lowest BCUT2D eigenvalue weighted by molar-refractivity contribution is -0.142. The van der Waals surface area contributed by atoms with Gasteiger partial charge in [0.2, 0.25) is 46.6 Å². The number of benzene rings is 5. The number of rotatable bonds is 22. The highest BCUT2D eigenvalue weighted by Gasteiger charge is 2.40. The van der Waals surface area contributed by atoms with Crippen molar-refractivity contribution in [2.24, 2.45) is 4.99 Å². The van der Waals surface area contributed by atoms with Crippen molar-refractivity contribution in [3.05, 3.63) is 173 Å². The molecule has 0 saturated carbocycles. The Hall–Kier alpha value is -6.83. The molecule has 0 spiro atoms. The molecular formula is C50H49F5N4O5. The van der Waals surface area contributed by atoms with Crippen LogP contribution in [0.1, 0.15) is 80.5 Å². The Morgan fingerprint density at radius 3 is 1.78 bits per heavy atom. The van der Waals surface area contributed by atoms with Crippen LogP contribution in [0, 0.1) is 29.1 Å². The number of para-hydroxylation sites is 1. The zero-order valence-corrected chi connectivity index (χ0v) is 35.2. The van der Waals surface area contributed by atoms with E-state index >= 15 is 0 Å². The van der Waals surface area contributed by atoms with Crippen LogP contribution >= 0.6 is 0 Å². The Morgan fingerprint density at radius 2 is 1.20 bits per heavy atom. The average Bonchev–Trinajstić information content (AvgIpc) is 3.74. The van der Waals surface area contributed by atoms with Gasteiger partial charge in [-0.05, 0) is 34.7 Å². The second-order valence-electron chi connectivity index (χ2n) is 15.3. The third kappa shape index (κ3) is 11.2. The number of esters is 1. The average molecular weight is 881 g/mol. The molecule has 2 amide bonds. The molecule has 3 N–H and O–H groups in total. The Labute approximate surface area is 368 Å². The highest BCUT2D eigenvalue weighted by Crippen LogP contribution is 2.37. The second kappa shape index (κ2) is 22.5. The van der Waals surface area contributed by atoms with E-state index in [0.29, 0.717) is 28.9 Å². The minimum Gasteiger partial charge on any atom is -0.483 e. The standard InChI is InChI=1S/C50H49F5N4O5/c1-2-3-4-5-6-7-19-28-63-32-57-39(29-33-31-56-38-27-18-17-26-37(33)38)48(61)58-40(49(62)64-47-45(54)43(52)42(51)44(53)46(47)55)30-41(60)59-50(34-20-11-8-12-21-34,35-22-13-9-14-23-35)36-24-15-10-16-25-36/h8-18,20-27,31-32,39-40,56H,2-7,19,28-30H2,1H3,(H,58,61)(H,59,60)/t39-,40-/m0/s1. The number of unbranched alkanes of at least 4 members (excludes halogenated alkanes) is 6. The maximum atomic E-state index is 14.9. The molecule has 1 aromatic heterocycles. The number of aromatic nitrogens is 1. The summed E-state index contributed by atoms with van der Waals surface area (Å²) in [6, 6.07) is 30.8. The van der Waals surface area contributed by atoms with Crippen molar-refractivity contribution < 1.29 is 45.8 Å². The number of carbonyl (C=O) groups is 3. The number of hydrogen-bond donors (Lipinski definition) is 3. The maximum absolute atomic E-state index is 14.9. The van der Waals surface area contributed by atoms with Crippen LogP contribution in [-0.2, 0) is 31.1 Å². The predicted molar refractivity (Wildman–Crippen MR) is 234 cm³/mol. The van der Waals surface area contributed by atoms with E-state index in [9.17, 15) is 36.3 Å². The van der Waals surface area contributed by atoms with Gasteiger partial charge in [-0.15, -0.1) is 0 Å². The van der Waals surface area contributed by atoms with Gasteiger partial charge < -0.3 is 25.1 Å². The summed E-state index contributed by atoms with van der Waals surface area (Å²) in [4.78, 5) is 50.4. The first-order valence-electron chi connectivity index (χ1n) is 21.2. The third-order valence-corrected chi connectivity index (χ3v) is 10.9. The van der Waals surface area contributed by atoms with Crippen LogP contribution in [0.25, 0.3) is 10.9 Å². The number of fused-ring (bicyclic) bond motifs is 1. The van der Waals surface area contributed by atoms with Gasteiger partial charge in [-0.1, -0.05) is 155 Å². The fourth-order valence-electron chi connectivity index (χ4n) is 7.57. The van der Waals surface area contributed by atoms with E-state index < -0.39 is 76.7 Å². The van der Waals surface area contributed by atoms with Gasteiger partial charge >= 0.3 is 5.97 Å². The number of H-pyrrole nitrogens is 1. The molecule has 0 unspecified atom stereocenters. The lowest BCUT2D eigenvalue weighted by Crippen LogP contribution is -2.53. The van der Waals surface area contributed by atoms with Gasteiger partial charge in [0.15, 0.2) is 6.40 Å². The SMILES string of the molecule is CCCCCCCCCOC=N[C@@H](Cc1c[nH]c2ccccc12)C(=O)N[C@@H](CC(=O)NC(c1ccccc1)(c1ccccc1)c1ccccc1)C(=O)Oc1c(F)c(F)c(F)c(F)c1F. The van der Waals surface area contributed by atoms with Crippen molar-refractivity contribution in [2.75, 3.05) is 6.61 Å². The van der Waals surface area contributed by atoms with Gasteiger partial charge in [-0.3, -0.25) is 9.59 Å². The normalized spacial score (nSPS) is 12.5. The summed E-state index contributed by atoms with van der Waals surface area (Å²) in [5.74, 6) is -17.4. The number of ether oxygens (including phenoxy) is 2. The van der Waals surface area contributed by atoms with Gasteiger partial charge in [-0.25, -0.2) is 23.0 Å². The summed E-state index contributed by atoms with van der Waals surface area (Å²) in [5.41, 5.74) is 1.85. The van der Waals surface area contributed by atoms with E-state index in [0.717, 1.165) is 55.8 Å². The molecule has 6 rings (SSSR count). The number of nitrogens with zero attached hydrogens (tertiary/aromatic N) is 1. The summed E-state index contributed by atoms with van der Waals surface area (Å²) in [5, 5.41) is 6.26. The predicted octanol–water partition coefficient (Wildman–Crippen LogP) is 10.2. The Morgan fingerprint density at radius 1 is 0.688 bits per heavy atom. The molecular weight excluding hydrogens is 832 g/mol. The van der Waals surface area contributed by atoms with Crippen molar-refractivity contribution in [1.82, 2.24) is 15.6 Å². The molecule has 1 heterocycles. The first kappa shape index (κ1) is 46.7. The molecule has 64 heavy (non-hydrogen) atoms. The van der Waals surface area contributed by atoms with E-state index in [-0.39, 0.29) is 6.42 Å². The van der Waals surface area contributed by atoms with E-state index in [1.54, 1.807) is 97.2 Å². The third-order valence-electron chi connectivity index (χ3n) is 10.9. The van der Waals surface area contributed by atoms with E-state index in [1.165, 1.54) is 6.42 Å². The highest BCUT2D eigenvalue weighted by atomic mass is 19.2. The summed E-state index contributed by atoms with van der Waals surface area (Å²) in [6.45, 7) is 2.47. The van der Waals surface area contributed by atoms with Gasteiger partial charge in [0.25, 0.3) is 0 Å². The van der Waals surface area contributed by atoms with Crippen LogP contribution < -0.4 is 15.4 Å². The number of nitrogens with one attached hydrogen (secondary N) is 3. The maximum Gasteiger partial charge on any atom is 0.334 e. The zero-order valence-electron chi connectivity index (χ0n) is 35.2. The number of carbonyl (C=O) groups excluding carboxylic acids is 3. The van der Waals surface area contributed by atoms with Crippen molar-refractivity contribution >= 4 is 35.1 Å². The summed E-state index contributed by atoms with van der Waals surface area (Å²) >= 11 is 0. The molecule has 0 aliphatic carbocycles. The molecule has 334 valence electrons. The molecule has 0 bridgehead atoms. The molecule has 9 nitrogen and oxygen atoms in total. The minimum absolute atomic E-state index is 0.0438. The van der Waals surface area contributed by atoms with Crippen LogP contribution in [0.15, 0.2) is 126 Å². The number of hydrogen-bond acceptors (Lipinski definition) is 6. The van der Waals surface area contributed by atoms with E-state index in [2.05, 4.69) is 27.5 Å². The number of aromatic amines is 1. The molecule has 0 fully saturated rings. The summed E-state index contributed by atoms with van der Waals surface area (Å²) in [6.07, 6.45) is 9.19. The van der Waals surface area contributed by atoms with Gasteiger partial charge in [-0.2, -0.15) is 8.78 Å². The Bertz CT molecular complexity index is 2390. The molecule has 0 radical (unpaired) electrons. The van der Waals surface area contributed by atoms with Gasteiger partial charge in [0, 0.05) is 23.5 Å². The number of amides is 2. The molecule has 14 heteroatoms. The largest absolute Gasteiger partial charge is 0.483 e. The van der Waals surface area contributed by atoms with Gasteiger partial charge in [0.05, 0.1) is 13.0 Å². The lowest BCUT2D eigenvalue weighted by atomic mass is 9.77. The molecule has 6 aromatic rings. The molecule has 0 aliphatic rings. The summed E-state index contributed by atoms with van der Waals surface area (Å²) in [7, 11) is 0. The molecule has 2 atom stereocenters. The molecule has 0 saturated heterocycles. The Kier molecular flexibility index (Phi) is 16.4. The van der Waals surface area contributed by atoms with E-state index in [4.69, 9.17) is 9.47 Å². The number of halogens is 5. The monoisotopic (exact) mass is 880 g/mol. The quantitative estimate of drug-likeness (QED) is 0.00722. The van der Waals surface area contributed by atoms with Crippen LogP contribution in [0.4, 0.5) is 22.0 Å². The topological polar surface area (TPSA) is 122 Å². The summed E-state index contributed by atoms with van der Waals surface area (Å²) < 4.78 is 83.0. The first-order chi connectivity index (χ1) is 31.0. The molecule has 5 aromatic carbocycles. The first-order valence-corrected chi connectivity index (χ1v) is 21.2. The van der Waals surface area contributed by atoms with Crippen LogP contribution in [-0.4, -0.2) is 47.9 Å². The highest BCUT2D eigenvalue weighted by molar-refractivity contribution is 5.93. The van der Waals surface area contributed by atoms with Crippen molar-refractivity contribution in [3.63, 3.8) is 0 Å². The zero-order chi connectivity index (χ0) is 45.5. The van der Waals surface area contributed by atoms with Crippen molar-refractivity contribution in [3.8, 4) is 5.75 Å². The van der Waals surface area contributed by atoms with E-state index in [1.807, 2.05) is 24.3 Å². The number of aliphatic imine (C=N–C) groups is 1. The van der Waals surface area contributed by atoms with Gasteiger partial charge in [0.1, 0.15) is 17.6 Å².